The lowest BCUT2D eigenvalue weighted by Gasteiger charge is -2.22. The van der Waals surface area contributed by atoms with Gasteiger partial charge in [0.25, 0.3) is 11.8 Å². The standard InChI is InChI=1S/C50H64N6O11/c1-7-34-20-38-28-51-43-26-47(45(61-5)24-41(43)49(57)55(38)30-34)66-32-36-22-40(65-15-12-54(10-9-13-59-3)11-14-63-18-19-64-17-16-60-4)23-37(53-36)33-67-48-27-44-42(25-46(48)62-6)50(58)56-31-35(8-2)21-39(56)29-52-44/h7-8,22-29,38-39H,9-21,30-33H2,1-6H3. The van der Waals surface area contributed by atoms with Crippen LogP contribution in [0.5, 0.6) is 28.7 Å². The lowest BCUT2D eigenvalue weighted by molar-refractivity contribution is 0.0183. The quantitative estimate of drug-likeness (QED) is 0.0678. The number of ether oxygens (including phenoxy) is 9. The van der Waals surface area contributed by atoms with Crippen molar-refractivity contribution in [2.24, 2.45) is 9.98 Å². The molecule has 0 radical (unpaired) electrons. The highest BCUT2D eigenvalue weighted by molar-refractivity contribution is 6.04. The van der Waals surface area contributed by atoms with Gasteiger partial charge in [-0.05, 0) is 45.2 Å². The van der Waals surface area contributed by atoms with E-state index in [1.165, 1.54) is 11.1 Å². The van der Waals surface area contributed by atoms with E-state index in [0.717, 1.165) is 25.8 Å². The molecule has 1 aromatic heterocycles. The molecule has 0 N–H and O–H groups in total. The molecule has 5 heterocycles. The molecule has 3 aromatic rings. The monoisotopic (exact) mass is 924 g/mol. The molecule has 17 nitrogen and oxygen atoms in total. The Kier molecular flexibility index (Phi) is 17.8. The van der Waals surface area contributed by atoms with Crippen LogP contribution < -0.4 is 23.7 Å². The van der Waals surface area contributed by atoms with Crippen LogP contribution in [-0.2, 0) is 32.2 Å². The third-order valence-corrected chi connectivity index (χ3v) is 12.1. The number of benzene rings is 2. The predicted molar refractivity (Wildman–Crippen MR) is 254 cm³/mol. The Balaban J connectivity index is 1.08. The summed E-state index contributed by atoms with van der Waals surface area (Å²) in [6.07, 6.45) is 10.2. The number of amides is 2. The molecule has 0 aliphatic carbocycles. The average Bonchev–Trinajstić information content (AvgIpc) is 3.92. The Hall–Kier alpha value is -5.85. The molecule has 67 heavy (non-hydrogen) atoms. The third-order valence-electron chi connectivity index (χ3n) is 12.1. The van der Waals surface area contributed by atoms with Crippen molar-refractivity contribution in [3.05, 3.63) is 82.2 Å². The summed E-state index contributed by atoms with van der Waals surface area (Å²) in [7, 11) is 6.44. The average molecular weight is 925 g/mol. The smallest absolute Gasteiger partial charge is 0.257 e. The van der Waals surface area contributed by atoms with Crippen LogP contribution in [0.1, 0.15) is 65.2 Å². The highest BCUT2D eigenvalue weighted by Gasteiger charge is 2.36. The summed E-state index contributed by atoms with van der Waals surface area (Å²) in [4.78, 5) is 47.8. The third kappa shape index (κ3) is 12.6. The van der Waals surface area contributed by atoms with Crippen molar-refractivity contribution in [1.29, 1.82) is 0 Å². The van der Waals surface area contributed by atoms with Crippen LogP contribution in [0.2, 0.25) is 0 Å². The fraction of sp³-hybridized carbons (Fsp3) is 0.500. The Morgan fingerprint density at radius 2 is 1.10 bits per heavy atom. The summed E-state index contributed by atoms with van der Waals surface area (Å²) in [5.41, 5.74) is 5.47. The molecule has 4 aliphatic rings. The van der Waals surface area contributed by atoms with Crippen molar-refractivity contribution in [2.45, 2.75) is 58.4 Å². The number of rotatable bonds is 25. The number of methoxy groups -OCH3 is 4. The van der Waals surface area contributed by atoms with Gasteiger partial charge in [0, 0.05) is 90.2 Å². The lowest BCUT2D eigenvalue weighted by atomic mass is 10.1. The molecule has 4 aliphatic heterocycles. The van der Waals surface area contributed by atoms with Crippen LogP contribution in [0.25, 0.3) is 0 Å². The SMILES string of the molecule is CC=C1CC2C=Nc3cc(OCc4cc(OCCN(CCCOC)CCOCCOCCOC)cc(COc5cc6c(cc5OC)C(=O)N5CC(=CC)CC5C=N6)n4)c(OC)cc3C(=O)N2C1. The van der Waals surface area contributed by atoms with E-state index in [1.807, 2.05) is 48.2 Å². The van der Waals surface area contributed by atoms with Crippen LogP contribution in [0, 0.1) is 0 Å². The van der Waals surface area contributed by atoms with E-state index in [1.54, 1.807) is 52.7 Å². The highest BCUT2D eigenvalue weighted by Crippen LogP contribution is 2.41. The maximum atomic E-state index is 13.7. The summed E-state index contributed by atoms with van der Waals surface area (Å²) in [5.74, 6) is 2.00. The number of nitrogens with zero attached hydrogens (tertiary/aromatic N) is 6. The van der Waals surface area contributed by atoms with Gasteiger partial charge in [0.2, 0.25) is 0 Å². The molecule has 0 saturated carbocycles. The van der Waals surface area contributed by atoms with Crippen LogP contribution in [0.4, 0.5) is 11.4 Å². The highest BCUT2D eigenvalue weighted by atomic mass is 16.5. The summed E-state index contributed by atoms with van der Waals surface area (Å²) in [6, 6.07) is 10.3. The van der Waals surface area contributed by atoms with Crippen molar-refractivity contribution in [2.75, 3.05) is 107 Å². The number of pyridine rings is 1. The molecule has 2 amide bonds. The van der Waals surface area contributed by atoms with E-state index in [4.69, 9.17) is 57.6 Å². The van der Waals surface area contributed by atoms with Gasteiger partial charge in [0.1, 0.15) is 25.6 Å². The summed E-state index contributed by atoms with van der Waals surface area (Å²) < 4.78 is 52.5. The molecular formula is C50H64N6O11. The fourth-order valence-electron chi connectivity index (χ4n) is 8.40. The van der Waals surface area contributed by atoms with Gasteiger partial charge < -0.3 is 52.4 Å². The van der Waals surface area contributed by atoms with E-state index < -0.39 is 0 Å². The van der Waals surface area contributed by atoms with Crippen LogP contribution in [0.3, 0.4) is 0 Å². The van der Waals surface area contributed by atoms with Gasteiger partial charge in [-0.3, -0.25) is 29.5 Å². The number of allylic oxidation sites excluding steroid dienone is 2. The van der Waals surface area contributed by atoms with Gasteiger partial charge >= 0.3 is 0 Å². The zero-order valence-corrected chi connectivity index (χ0v) is 39.6. The maximum absolute atomic E-state index is 13.7. The molecule has 2 fully saturated rings. The van der Waals surface area contributed by atoms with E-state index in [2.05, 4.69) is 17.1 Å². The van der Waals surface area contributed by atoms with Gasteiger partial charge in [-0.2, -0.15) is 0 Å². The molecule has 2 atom stereocenters. The van der Waals surface area contributed by atoms with E-state index >= 15 is 0 Å². The van der Waals surface area contributed by atoms with Crippen molar-refractivity contribution in [3.8, 4) is 28.7 Å². The van der Waals surface area contributed by atoms with Crippen LogP contribution in [-0.4, -0.2) is 163 Å². The first-order valence-electron chi connectivity index (χ1n) is 22.9. The number of carbonyl (C=O) groups excluding carboxylic acids is 2. The number of aliphatic imine (C=N–C) groups is 2. The van der Waals surface area contributed by atoms with Crippen molar-refractivity contribution >= 4 is 35.6 Å². The summed E-state index contributed by atoms with van der Waals surface area (Å²) in [5, 5.41) is 0. The Morgan fingerprint density at radius 3 is 1.61 bits per heavy atom. The second kappa shape index (κ2) is 24.3. The Labute approximate surface area is 393 Å². The molecular weight excluding hydrogens is 861 g/mol. The lowest BCUT2D eigenvalue weighted by Crippen LogP contribution is -2.35. The molecule has 2 aromatic carbocycles. The van der Waals surface area contributed by atoms with Gasteiger partial charge in [-0.25, -0.2) is 0 Å². The van der Waals surface area contributed by atoms with Crippen LogP contribution in [0.15, 0.2) is 69.7 Å². The molecule has 0 bridgehead atoms. The largest absolute Gasteiger partial charge is 0.493 e. The van der Waals surface area contributed by atoms with Crippen LogP contribution >= 0.6 is 0 Å². The van der Waals surface area contributed by atoms with Crippen molar-refractivity contribution in [1.82, 2.24) is 19.7 Å². The van der Waals surface area contributed by atoms with E-state index in [-0.39, 0.29) is 37.1 Å². The minimum Gasteiger partial charge on any atom is -0.493 e. The Morgan fingerprint density at radius 1 is 0.597 bits per heavy atom. The first-order chi connectivity index (χ1) is 32.7. The number of fused-ring (bicyclic) bond motifs is 4. The summed E-state index contributed by atoms with van der Waals surface area (Å²) in [6.45, 7) is 11.0. The first-order valence-corrected chi connectivity index (χ1v) is 22.9. The predicted octanol–water partition coefficient (Wildman–Crippen LogP) is 6.41. The molecule has 2 unspecified atom stereocenters. The first kappa shape index (κ1) is 49.1. The minimum absolute atomic E-state index is 0.0394. The second-order valence-electron chi connectivity index (χ2n) is 16.5. The molecule has 0 spiro atoms. The summed E-state index contributed by atoms with van der Waals surface area (Å²) >= 11 is 0. The number of carbonyl (C=O) groups is 2. The van der Waals surface area contributed by atoms with Crippen molar-refractivity contribution in [3.63, 3.8) is 0 Å². The number of hydrogen-bond acceptors (Lipinski definition) is 15. The second-order valence-corrected chi connectivity index (χ2v) is 16.5. The normalized spacial score (nSPS) is 18.6. The van der Waals surface area contributed by atoms with Gasteiger partial charge in [0.05, 0.1) is 93.2 Å². The fourth-order valence-corrected chi connectivity index (χ4v) is 8.40. The molecule has 360 valence electrons. The van der Waals surface area contributed by atoms with Crippen molar-refractivity contribution < 1.29 is 52.2 Å². The minimum atomic E-state index is -0.110. The van der Waals surface area contributed by atoms with Gasteiger partial charge in [-0.15, -0.1) is 0 Å². The molecule has 17 heteroatoms. The molecule has 7 rings (SSSR count). The zero-order chi connectivity index (χ0) is 47.1. The zero-order valence-electron chi connectivity index (χ0n) is 39.6. The topological polar surface area (TPSA) is 165 Å². The van der Waals surface area contributed by atoms with E-state index in [9.17, 15) is 9.59 Å². The number of aromatic nitrogens is 1. The van der Waals surface area contributed by atoms with Gasteiger partial charge in [0.15, 0.2) is 23.0 Å². The van der Waals surface area contributed by atoms with Gasteiger partial charge in [-0.1, -0.05) is 23.3 Å². The van der Waals surface area contributed by atoms with E-state index in [0.29, 0.717) is 135 Å². The maximum Gasteiger partial charge on any atom is 0.257 e. The molecule has 2 saturated heterocycles. The Bertz CT molecular complexity index is 2180. The number of hydrogen-bond donors (Lipinski definition) is 0.